The number of halogens is 1. The number of nitrogens with one attached hydrogen (secondary N) is 2. The highest BCUT2D eigenvalue weighted by atomic mass is 79.9. The van der Waals surface area contributed by atoms with Crippen LogP contribution in [0, 0.1) is 13.8 Å². The number of aryl methyl sites for hydroxylation is 2. The number of urea groups is 1. The Morgan fingerprint density at radius 3 is 2.59 bits per heavy atom. The van der Waals surface area contributed by atoms with Crippen LogP contribution in [0.5, 0.6) is 0 Å². The molecular weight excluding hydrogens is 410 g/mol. The largest absolute Gasteiger partial charge is 0.325 e. The molecule has 2 N–H and O–H groups in total. The summed E-state index contributed by atoms with van der Waals surface area (Å²) in [6.07, 6.45) is 0. The number of carbonyl (C=O) groups excluding carboxylic acids is 3. The van der Waals surface area contributed by atoms with Crippen molar-refractivity contribution in [2.24, 2.45) is 0 Å². The second kappa shape index (κ2) is 7.15. The van der Waals surface area contributed by atoms with Gasteiger partial charge in [-0.25, -0.2) is 4.79 Å². The van der Waals surface area contributed by atoms with Crippen molar-refractivity contribution >= 4 is 39.5 Å². The van der Waals surface area contributed by atoms with E-state index in [2.05, 4.69) is 26.6 Å². The van der Waals surface area contributed by atoms with Crippen molar-refractivity contribution in [3.63, 3.8) is 0 Å². The van der Waals surface area contributed by atoms with Crippen LogP contribution in [-0.2, 0) is 15.1 Å². The highest BCUT2D eigenvalue weighted by Crippen LogP contribution is 2.33. The van der Waals surface area contributed by atoms with E-state index < -0.39 is 23.4 Å². The summed E-state index contributed by atoms with van der Waals surface area (Å²) in [5.41, 5.74) is 1.99. The molecule has 1 aliphatic rings. The Morgan fingerprint density at radius 2 is 1.89 bits per heavy atom. The summed E-state index contributed by atoms with van der Waals surface area (Å²) in [7, 11) is 0. The van der Waals surface area contributed by atoms with Gasteiger partial charge in [0.25, 0.3) is 5.91 Å². The van der Waals surface area contributed by atoms with Crippen molar-refractivity contribution in [1.29, 1.82) is 0 Å². The molecule has 0 aliphatic carbocycles. The Kier molecular flexibility index (Phi) is 5.06. The molecule has 0 bridgehead atoms. The third-order valence-electron chi connectivity index (χ3n) is 4.66. The number of hydrogen-bond donors (Lipinski definition) is 2. The van der Waals surface area contributed by atoms with Crippen LogP contribution in [0.15, 0.2) is 46.9 Å². The van der Waals surface area contributed by atoms with Crippen LogP contribution >= 0.6 is 15.9 Å². The van der Waals surface area contributed by atoms with E-state index in [1.54, 1.807) is 25.1 Å². The van der Waals surface area contributed by atoms with Crippen LogP contribution < -0.4 is 10.6 Å². The summed E-state index contributed by atoms with van der Waals surface area (Å²) >= 11 is 3.42. The maximum absolute atomic E-state index is 12.9. The van der Waals surface area contributed by atoms with Gasteiger partial charge < -0.3 is 10.6 Å². The van der Waals surface area contributed by atoms with Crippen LogP contribution in [0.4, 0.5) is 10.5 Å². The Bertz CT molecular complexity index is 944. The minimum atomic E-state index is -1.23. The van der Waals surface area contributed by atoms with Gasteiger partial charge >= 0.3 is 6.03 Å². The van der Waals surface area contributed by atoms with Crippen LogP contribution in [-0.4, -0.2) is 29.3 Å². The second-order valence-electron chi connectivity index (χ2n) is 6.79. The average molecular weight is 430 g/mol. The molecule has 0 aromatic heterocycles. The number of imide groups is 1. The molecule has 1 atom stereocenters. The third kappa shape index (κ3) is 3.60. The van der Waals surface area contributed by atoms with E-state index in [9.17, 15) is 14.4 Å². The SMILES string of the molecule is Cc1ccc(C)c(NC(=O)CN2C(=O)NC(C)(c3ccccc3Br)C2=O)c1. The molecule has 0 saturated carbocycles. The van der Waals surface area contributed by atoms with Crippen LogP contribution in [0.1, 0.15) is 23.6 Å². The molecule has 1 saturated heterocycles. The van der Waals surface area contributed by atoms with E-state index in [1.807, 2.05) is 38.1 Å². The maximum Gasteiger partial charge on any atom is 0.325 e. The summed E-state index contributed by atoms with van der Waals surface area (Å²) in [5, 5.41) is 5.48. The molecule has 4 amide bonds. The molecule has 2 aromatic carbocycles. The van der Waals surface area contributed by atoms with Crippen LogP contribution in [0.3, 0.4) is 0 Å². The molecule has 140 valence electrons. The Hall–Kier alpha value is -2.67. The van der Waals surface area contributed by atoms with Gasteiger partial charge in [0.05, 0.1) is 0 Å². The first-order valence-electron chi connectivity index (χ1n) is 8.48. The van der Waals surface area contributed by atoms with Gasteiger partial charge in [0, 0.05) is 15.7 Å². The number of anilines is 1. The van der Waals surface area contributed by atoms with Gasteiger partial charge in [0.1, 0.15) is 12.1 Å². The normalized spacial score (nSPS) is 19.2. The number of rotatable bonds is 4. The molecule has 1 heterocycles. The van der Waals surface area contributed by atoms with Gasteiger partial charge in [-0.3, -0.25) is 14.5 Å². The van der Waals surface area contributed by atoms with Crippen molar-refractivity contribution in [2.45, 2.75) is 26.3 Å². The smallest absolute Gasteiger partial charge is 0.324 e. The monoisotopic (exact) mass is 429 g/mol. The summed E-state index contributed by atoms with van der Waals surface area (Å²) in [6, 6.07) is 12.3. The van der Waals surface area contributed by atoms with Gasteiger partial charge in [-0.1, -0.05) is 46.3 Å². The predicted octanol–water partition coefficient (Wildman–Crippen LogP) is 3.47. The molecule has 1 fully saturated rings. The Morgan fingerprint density at radius 1 is 1.19 bits per heavy atom. The first-order chi connectivity index (χ1) is 12.7. The number of benzene rings is 2. The molecule has 3 rings (SSSR count). The zero-order valence-electron chi connectivity index (χ0n) is 15.3. The quantitative estimate of drug-likeness (QED) is 0.730. The molecule has 2 aromatic rings. The van der Waals surface area contributed by atoms with Crippen molar-refractivity contribution in [3.05, 3.63) is 63.6 Å². The van der Waals surface area contributed by atoms with Crippen LogP contribution in [0.25, 0.3) is 0 Å². The molecular formula is C20H20BrN3O3. The van der Waals surface area contributed by atoms with E-state index >= 15 is 0 Å². The number of nitrogens with zero attached hydrogens (tertiary/aromatic N) is 1. The van der Waals surface area contributed by atoms with E-state index in [0.29, 0.717) is 15.7 Å². The molecule has 1 unspecified atom stereocenters. The summed E-state index contributed by atoms with van der Waals surface area (Å²) < 4.78 is 0.711. The van der Waals surface area contributed by atoms with E-state index in [-0.39, 0.29) is 6.54 Å². The lowest BCUT2D eigenvalue weighted by atomic mass is 9.92. The summed E-state index contributed by atoms with van der Waals surface area (Å²) in [4.78, 5) is 38.7. The van der Waals surface area contributed by atoms with Crippen molar-refractivity contribution in [3.8, 4) is 0 Å². The molecule has 0 spiro atoms. The van der Waals surface area contributed by atoms with Crippen LogP contribution in [0.2, 0.25) is 0 Å². The standard InChI is InChI=1S/C20H20BrN3O3/c1-12-8-9-13(2)16(10-12)22-17(25)11-24-18(26)20(3,23-19(24)27)14-6-4-5-7-15(14)21/h4-10H,11H2,1-3H3,(H,22,25)(H,23,27). The van der Waals surface area contributed by atoms with Crippen molar-refractivity contribution < 1.29 is 14.4 Å². The van der Waals surface area contributed by atoms with Gasteiger partial charge in [-0.15, -0.1) is 0 Å². The van der Waals surface area contributed by atoms with E-state index in [4.69, 9.17) is 0 Å². The number of amides is 4. The molecule has 6 nitrogen and oxygen atoms in total. The Labute approximate surface area is 166 Å². The lowest BCUT2D eigenvalue weighted by Crippen LogP contribution is -2.42. The lowest BCUT2D eigenvalue weighted by Gasteiger charge is -2.23. The lowest BCUT2D eigenvalue weighted by molar-refractivity contribution is -0.133. The van der Waals surface area contributed by atoms with Crippen molar-refractivity contribution in [2.75, 3.05) is 11.9 Å². The maximum atomic E-state index is 12.9. The average Bonchev–Trinajstić information content (AvgIpc) is 2.82. The highest BCUT2D eigenvalue weighted by molar-refractivity contribution is 9.10. The molecule has 1 aliphatic heterocycles. The van der Waals surface area contributed by atoms with Gasteiger partial charge in [0.15, 0.2) is 0 Å². The van der Waals surface area contributed by atoms with E-state index in [1.165, 1.54) is 0 Å². The first-order valence-corrected chi connectivity index (χ1v) is 9.28. The highest BCUT2D eigenvalue weighted by Gasteiger charge is 2.50. The fraction of sp³-hybridized carbons (Fsp3) is 0.250. The van der Waals surface area contributed by atoms with E-state index in [0.717, 1.165) is 16.0 Å². The zero-order valence-corrected chi connectivity index (χ0v) is 16.9. The fourth-order valence-electron chi connectivity index (χ4n) is 3.09. The number of hydrogen-bond acceptors (Lipinski definition) is 3. The second-order valence-corrected chi connectivity index (χ2v) is 7.65. The third-order valence-corrected chi connectivity index (χ3v) is 5.35. The summed E-state index contributed by atoms with van der Waals surface area (Å²) in [5.74, 6) is -0.890. The minimum Gasteiger partial charge on any atom is -0.324 e. The fourth-order valence-corrected chi connectivity index (χ4v) is 3.77. The zero-order chi connectivity index (χ0) is 19.8. The first kappa shape index (κ1) is 19.1. The topological polar surface area (TPSA) is 78.5 Å². The molecule has 27 heavy (non-hydrogen) atoms. The Balaban J connectivity index is 1.79. The van der Waals surface area contributed by atoms with Gasteiger partial charge in [0.2, 0.25) is 5.91 Å². The number of carbonyl (C=O) groups is 3. The minimum absolute atomic E-state index is 0.349. The summed E-state index contributed by atoms with van der Waals surface area (Å²) in [6.45, 7) is 5.09. The van der Waals surface area contributed by atoms with Gasteiger partial charge in [-0.05, 0) is 44.0 Å². The molecule has 0 radical (unpaired) electrons. The molecule has 7 heteroatoms. The van der Waals surface area contributed by atoms with Crippen molar-refractivity contribution in [1.82, 2.24) is 10.2 Å². The predicted molar refractivity (Wildman–Crippen MR) is 106 cm³/mol. The van der Waals surface area contributed by atoms with Gasteiger partial charge in [-0.2, -0.15) is 0 Å².